The molecular weight excluding hydrogens is 332 g/mol. The van der Waals surface area contributed by atoms with Gasteiger partial charge in [-0.25, -0.2) is 4.79 Å². The number of aliphatic hydroxyl groups excluding tert-OH is 1. The molecule has 3 rings (SSSR count). The third kappa shape index (κ3) is 3.90. The van der Waals surface area contributed by atoms with Crippen molar-refractivity contribution in [3.05, 3.63) is 46.4 Å². The van der Waals surface area contributed by atoms with Crippen LogP contribution in [0.25, 0.3) is 10.8 Å². The van der Waals surface area contributed by atoms with E-state index < -0.39 is 11.7 Å². The Balaban J connectivity index is 1.81. The topological polar surface area (TPSA) is 82.6 Å². The van der Waals surface area contributed by atoms with Crippen molar-refractivity contribution in [1.82, 2.24) is 9.88 Å². The summed E-state index contributed by atoms with van der Waals surface area (Å²) in [6.07, 6.45) is 0.899. The Bertz CT molecular complexity index is 853. The molecule has 0 radical (unpaired) electrons. The second-order valence-corrected chi connectivity index (χ2v) is 7.87. The van der Waals surface area contributed by atoms with Gasteiger partial charge in [0.15, 0.2) is 0 Å². The van der Waals surface area contributed by atoms with Crippen LogP contribution in [0.15, 0.2) is 35.1 Å². The van der Waals surface area contributed by atoms with E-state index in [-0.39, 0.29) is 24.1 Å². The molecule has 1 aromatic carbocycles. The van der Waals surface area contributed by atoms with Gasteiger partial charge in [0.25, 0.3) is 5.56 Å². The van der Waals surface area contributed by atoms with E-state index in [1.165, 1.54) is 0 Å². The number of carbonyl (C=O) groups is 1. The Labute approximate surface area is 152 Å². The van der Waals surface area contributed by atoms with Gasteiger partial charge in [-0.15, -0.1) is 0 Å². The predicted molar refractivity (Wildman–Crippen MR) is 100 cm³/mol. The number of hydrogen-bond donors (Lipinski definition) is 2. The summed E-state index contributed by atoms with van der Waals surface area (Å²) in [6, 6.07) is 9.16. The Hall–Kier alpha value is -2.34. The van der Waals surface area contributed by atoms with E-state index in [0.29, 0.717) is 24.8 Å². The average molecular weight is 358 g/mol. The van der Waals surface area contributed by atoms with Gasteiger partial charge in [0.05, 0.1) is 12.6 Å². The van der Waals surface area contributed by atoms with Crippen molar-refractivity contribution in [2.75, 3.05) is 13.2 Å². The number of amides is 1. The molecule has 26 heavy (non-hydrogen) atoms. The van der Waals surface area contributed by atoms with Crippen molar-refractivity contribution in [2.45, 2.75) is 51.2 Å². The van der Waals surface area contributed by atoms with Crippen molar-refractivity contribution in [3.63, 3.8) is 0 Å². The normalized spacial score (nSPS) is 21.0. The smallest absolute Gasteiger partial charge is 0.410 e. The highest BCUT2D eigenvalue weighted by Crippen LogP contribution is 2.32. The van der Waals surface area contributed by atoms with Gasteiger partial charge >= 0.3 is 6.09 Å². The summed E-state index contributed by atoms with van der Waals surface area (Å²) in [5.41, 5.74) is 0.182. The first kappa shape index (κ1) is 18.5. The maximum atomic E-state index is 12.4. The fourth-order valence-electron chi connectivity index (χ4n) is 3.52. The van der Waals surface area contributed by atoms with Crippen LogP contribution in [0.2, 0.25) is 0 Å². The van der Waals surface area contributed by atoms with Crippen LogP contribution in [0.4, 0.5) is 4.79 Å². The SMILES string of the molecule is CC(C)(C)OC(=O)N1CCC(c2cc3ccccc3c(=O)[nH]2)CC1CO. The van der Waals surface area contributed by atoms with Gasteiger partial charge in [-0.2, -0.15) is 0 Å². The lowest BCUT2D eigenvalue weighted by molar-refractivity contribution is -0.000616. The van der Waals surface area contributed by atoms with Crippen LogP contribution >= 0.6 is 0 Å². The second-order valence-electron chi connectivity index (χ2n) is 7.87. The Morgan fingerprint density at radius 1 is 1.35 bits per heavy atom. The molecule has 1 fully saturated rings. The molecule has 1 aliphatic heterocycles. The first-order valence-corrected chi connectivity index (χ1v) is 9.01. The number of H-pyrrole nitrogens is 1. The van der Waals surface area contributed by atoms with Crippen LogP contribution < -0.4 is 5.56 Å². The number of piperidine rings is 1. The summed E-state index contributed by atoms with van der Waals surface area (Å²) in [6.45, 7) is 5.83. The van der Waals surface area contributed by atoms with E-state index in [1.54, 1.807) is 11.0 Å². The molecule has 1 saturated heterocycles. The molecule has 2 unspecified atom stereocenters. The minimum absolute atomic E-state index is 0.0862. The lowest BCUT2D eigenvalue weighted by atomic mass is 9.88. The predicted octanol–water partition coefficient (Wildman–Crippen LogP) is 3.00. The molecule has 0 aliphatic carbocycles. The number of ether oxygens (including phenoxy) is 1. The maximum absolute atomic E-state index is 12.4. The zero-order chi connectivity index (χ0) is 18.9. The monoisotopic (exact) mass is 358 g/mol. The third-order valence-electron chi connectivity index (χ3n) is 4.77. The molecule has 1 aromatic heterocycles. The summed E-state index contributed by atoms with van der Waals surface area (Å²) in [7, 11) is 0. The number of fused-ring (bicyclic) bond motifs is 1. The molecule has 0 saturated carbocycles. The van der Waals surface area contributed by atoms with Crippen molar-refractivity contribution < 1.29 is 14.6 Å². The highest BCUT2D eigenvalue weighted by molar-refractivity contribution is 5.81. The molecular formula is C20H26N2O4. The molecule has 2 heterocycles. The summed E-state index contributed by atoms with van der Waals surface area (Å²) in [4.78, 5) is 29.3. The zero-order valence-electron chi connectivity index (χ0n) is 15.5. The molecule has 0 spiro atoms. The number of nitrogens with zero attached hydrogens (tertiary/aromatic N) is 1. The van der Waals surface area contributed by atoms with Crippen molar-refractivity contribution in [3.8, 4) is 0 Å². The fraction of sp³-hybridized carbons (Fsp3) is 0.500. The third-order valence-corrected chi connectivity index (χ3v) is 4.77. The molecule has 1 aliphatic rings. The zero-order valence-corrected chi connectivity index (χ0v) is 15.5. The number of aliphatic hydroxyl groups is 1. The molecule has 6 heteroatoms. The average Bonchev–Trinajstić information content (AvgIpc) is 2.59. The van der Waals surface area contributed by atoms with Crippen molar-refractivity contribution in [1.29, 1.82) is 0 Å². The second kappa shape index (κ2) is 7.11. The van der Waals surface area contributed by atoms with E-state index in [4.69, 9.17) is 4.74 Å². The number of likely N-dealkylation sites (tertiary alicyclic amines) is 1. The number of aromatic nitrogens is 1. The quantitative estimate of drug-likeness (QED) is 0.864. The van der Waals surface area contributed by atoms with Crippen LogP contribution in [0.1, 0.15) is 45.2 Å². The molecule has 1 amide bonds. The summed E-state index contributed by atoms with van der Waals surface area (Å²) >= 11 is 0. The van der Waals surface area contributed by atoms with Crippen LogP contribution in [-0.2, 0) is 4.74 Å². The van der Waals surface area contributed by atoms with Crippen LogP contribution in [0.5, 0.6) is 0 Å². The van der Waals surface area contributed by atoms with E-state index in [0.717, 1.165) is 11.1 Å². The first-order chi connectivity index (χ1) is 12.3. The Morgan fingerprint density at radius 2 is 2.08 bits per heavy atom. The molecule has 6 nitrogen and oxygen atoms in total. The minimum Gasteiger partial charge on any atom is -0.444 e. The molecule has 140 valence electrons. The lowest BCUT2D eigenvalue weighted by Gasteiger charge is -2.39. The van der Waals surface area contributed by atoms with Gasteiger partial charge in [0, 0.05) is 23.5 Å². The lowest BCUT2D eigenvalue weighted by Crippen LogP contribution is -2.49. The molecule has 2 aromatic rings. The van der Waals surface area contributed by atoms with Gasteiger partial charge in [0.1, 0.15) is 5.60 Å². The summed E-state index contributed by atoms with van der Waals surface area (Å²) in [5.74, 6) is 0.0862. The number of rotatable bonds is 2. The number of nitrogens with one attached hydrogen (secondary N) is 1. The highest BCUT2D eigenvalue weighted by atomic mass is 16.6. The van der Waals surface area contributed by atoms with Crippen LogP contribution in [-0.4, -0.2) is 45.9 Å². The van der Waals surface area contributed by atoms with Crippen molar-refractivity contribution in [2.24, 2.45) is 0 Å². The van der Waals surface area contributed by atoms with Gasteiger partial charge in [0.2, 0.25) is 0 Å². The number of carbonyl (C=O) groups excluding carboxylic acids is 1. The molecule has 2 atom stereocenters. The van der Waals surface area contributed by atoms with Gasteiger partial charge < -0.3 is 19.7 Å². The van der Waals surface area contributed by atoms with Crippen LogP contribution in [0, 0.1) is 0 Å². The van der Waals surface area contributed by atoms with E-state index in [2.05, 4.69) is 4.98 Å². The first-order valence-electron chi connectivity index (χ1n) is 9.01. The van der Waals surface area contributed by atoms with Gasteiger partial charge in [-0.05, 0) is 51.1 Å². The van der Waals surface area contributed by atoms with E-state index in [1.807, 2.05) is 45.0 Å². The Kier molecular flexibility index (Phi) is 5.05. The number of benzene rings is 1. The maximum Gasteiger partial charge on any atom is 0.410 e. The van der Waals surface area contributed by atoms with Gasteiger partial charge in [-0.1, -0.05) is 18.2 Å². The van der Waals surface area contributed by atoms with Crippen molar-refractivity contribution >= 4 is 16.9 Å². The molecule has 2 N–H and O–H groups in total. The summed E-state index contributed by atoms with van der Waals surface area (Å²) in [5, 5.41) is 11.4. The number of pyridine rings is 1. The van der Waals surface area contributed by atoms with E-state index >= 15 is 0 Å². The number of aromatic amines is 1. The summed E-state index contributed by atoms with van der Waals surface area (Å²) < 4.78 is 5.45. The highest BCUT2D eigenvalue weighted by Gasteiger charge is 2.34. The van der Waals surface area contributed by atoms with E-state index in [9.17, 15) is 14.7 Å². The fourth-order valence-corrected chi connectivity index (χ4v) is 3.52. The largest absolute Gasteiger partial charge is 0.444 e. The van der Waals surface area contributed by atoms with Crippen LogP contribution in [0.3, 0.4) is 0 Å². The molecule has 0 bridgehead atoms. The number of hydrogen-bond acceptors (Lipinski definition) is 4. The standard InChI is InChI=1S/C20H26N2O4/c1-20(2,3)26-19(25)22-9-8-14(10-15(22)12-23)17-11-13-6-4-5-7-16(13)18(24)21-17/h4-7,11,14-15,23H,8-10,12H2,1-3H3,(H,21,24). The van der Waals surface area contributed by atoms with Gasteiger partial charge in [-0.3, -0.25) is 4.79 Å². The Morgan fingerprint density at radius 3 is 2.77 bits per heavy atom. The minimum atomic E-state index is -0.572.